The van der Waals surface area contributed by atoms with Gasteiger partial charge in [-0.15, -0.1) is 0 Å². The Morgan fingerprint density at radius 1 is 1.07 bits per heavy atom. The fraction of sp³-hybridized carbons (Fsp3) is 0.350. The van der Waals surface area contributed by atoms with Crippen LogP contribution in [0.5, 0.6) is 0 Å². The van der Waals surface area contributed by atoms with Crippen molar-refractivity contribution < 1.29 is 14.5 Å². The summed E-state index contributed by atoms with van der Waals surface area (Å²) in [5.74, 6) is -0.0339. The molecule has 2 aliphatic heterocycles. The largest absolute Gasteiger partial charge is 0.378 e. The van der Waals surface area contributed by atoms with E-state index in [9.17, 15) is 14.9 Å². The number of carbonyl (C=O) groups is 1. The number of non-ortho nitro benzene ring substituents is 1. The van der Waals surface area contributed by atoms with E-state index in [-0.39, 0.29) is 18.0 Å². The average molecular weight is 367 g/mol. The minimum absolute atomic E-state index is 0.0170. The molecule has 2 aliphatic rings. The smallest absolute Gasteiger partial charge is 0.271 e. The van der Waals surface area contributed by atoms with Crippen molar-refractivity contribution in [3.63, 3.8) is 0 Å². The van der Waals surface area contributed by atoms with Gasteiger partial charge in [-0.3, -0.25) is 14.9 Å². The lowest BCUT2D eigenvalue weighted by molar-refractivity contribution is -0.384. The number of fused-ring (bicyclic) bond motifs is 1. The quantitative estimate of drug-likeness (QED) is 0.613. The Hall–Kier alpha value is -2.93. The molecule has 7 heteroatoms. The molecule has 2 aromatic rings. The molecule has 0 atom stereocenters. The summed E-state index contributed by atoms with van der Waals surface area (Å²) in [7, 11) is 0. The van der Waals surface area contributed by atoms with Crippen molar-refractivity contribution in [1.82, 2.24) is 0 Å². The third-order valence-corrected chi connectivity index (χ3v) is 5.14. The normalized spacial score (nSPS) is 16.3. The number of benzene rings is 2. The van der Waals surface area contributed by atoms with Crippen LogP contribution in [-0.2, 0) is 22.4 Å². The van der Waals surface area contributed by atoms with Gasteiger partial charge in [0.25, 0.3) is 5.69 Å². The van der Waals surface area contributed by atoms with Crippen LogP contribution in [-0.4, -0.2) is 43.7 Å². The van der Waals surface area contributed by atoms with Crippen molar-refractivity contribution in [1.29, 1.82) is 0 Å². The molecule has 4 rings (SSSR count). The third-order valence-electron chi connectivity index (χ3n) is 5.14. The van der Waals surface area contributed by atoms with Crippen LogP contribution in [0.1, 0.15) is 11.1 Å². The molecule has 1 amide bonds. The highest BCUT2D eigenvalue weighted by atomic mass is 16.6. The molecule has 1 saturated heterocycles. The van der Waals surface area contributed by atoms with Crippen LogP contribution < -0.4 is 9.80 Å². The summed E-state index contributed by atoms with van der Waals surface area (Å²) in [6, 6.07) is 12.8. The molecular formula is C20H21N3O4. The first-order valence-electron chi connectivity index (χ1n) is 9.11. The standard InChI is InChI=1S/C20H21N3O4/c24-20(22-8-7-16-3-6-18(23(25)26)14-19(16)22)13-15-1-4-17(5-2-15)21-9-11-27-12-10-21/h1-6,14H,7-13H2. The van der Waals surface area contributed by atoms with Crippen molar-refractivity contribution in [2.24, 2.45) is 0 Å². The molecule has 0 unspecified atom stereocenters. The molecule has 1 fully saturated rings. The number of nitro groups is 1. The number of rotatable bonds is 4. The Bertz CT molecular complexity index is 860. The summed E-state index contributed by atoms with van der Waals surface area (Å²) in [6.45, 7) is 3.80. The molecule has 7 nitrogen and oxygen atoms in total. The molecule has 2 heterocycles. The van der Waals surface area contributed by atoms with Gasteiger partial charge in [-0.2, -0.15) is 0 Å². The lowest BCUT2D eigenvalue weighted by Crippen LogP contribution is -2.36. The zero-order chi connectivity index (χ0) is 18.8. The summed E-state index contributed by atoms with van der Waals surface area (Å²) < 4.78 is 5.37. The van der Waals surface area contributed by atoms with E-state index in [0.717, 1.165) is 49.5 Å². The van der Waals surface area contributed by atoms with Gasteiger partial charge in [-0.05, 0) is 29.7 Å². The van der Waals surface area contributed by atoms with E-state index in [1.54, 1.807) is 11.0 Å². The number of hydrogen-bond donors (Lipinski definition) is 0. The predicted octanol–water partition coefficient (Wildman–Crippen LogP) is 2.56. The monoisotopic (exact) mass is 367 g/mol. The van der Waals surface area contributed by atoms with Gasteiger partial charge in [0.15, 0.2) is 0 Å². The predicted molar refractivity (Wildman–Crippen MR) is 102 cm³/mol. The van der Waals surface area contributed by atoms with Crippen LogP contribution in [0.4, 0.5) is 17.1 Å². The molecule has 0 saturated carbocycles. The second-order valence-corrected chi connectivity index (χ2v) is 6.81. The van der Waals surface area contributed by atoms with E-state index >= 15 is 0 Å². The molecule has 27 heavy (non-hydrogen) atoms. The maximum atomic E-state index is 12.8. The number of amides is 1. The lowest BCUT2D eigenvalue weighted by Gasteiger charge is -2.29. The maximum Gasteiger partial charge on any atom is 0.271 e. The van der Waals surface area contributed by atoms with Crippen molar-refractivity contribution in [3.8, 4) is 0 Å². The molecule has 0 aliphatic carbocycles. The lowest BCUT2D eigenvalue weighted by atomic mass is 10.1. The van der Waals surface area contributed by atoms with E-state index in [2.05, 4.69) is 4.90 Å². The second-order valence-electron chi connectivity index (χ2n) is 6.81. The molecule has 0 aromatic heterocycles. The van der Waals surface area contributed by atoms with Crippen LogP contribution in [0.3, 0.4) is 0 Å². The Morgan fingerprint density at radius 3 is 2.52 bits per heavy atom. The molecule has 0 bridgehead atoms. The van der Waals surface area contributed by atoms with Gasteiger partial charge in [0.05, 0.1) is 30.2 Å². The van der Waals surface area contributed by atoms with Crippen LogP contribution in [0.2, 0.25) is 0 Å². The first kappa shape index (κ1) is 17.5. The highest BCUT2D eigenvalue weighted by molar-refractivity contribution is 5.97. The Labute approximate surface area is 157 Å². The number of nitro benzene ring substituents is 1. The number of ether oxygens (including phenoxy) is 1. The first-order chi connectivity index (χ1) is 13.1. The van der Waals surface area contributed by atoms with E-state index in [4.69, 9.17) is 4.74 Å². The number of nitrogens with zero attached hydrogens (tertiary/aromatic N) is 3. The summed E-state index contributed by atoms with van der Waals surface area (Å²) in [6.07, 6.45) is 1.01. The number of anilines is 2. The van der Waals surface area contributed by atoms with E-state index in [1.165, 1.54) is 12.1 Å². The van der Waals surface area contributed by atoms with E-state index < -0.39 is 4.92 Å². The van der Waals surface area contributed by atoms with Gasteiger partial charge in [0.2, 0.25) is 5.91 Å². The third kappa shape index (κ3) is 3.64. The minimum Gasteiger partial charge on any atom is -0.378 e. The molecule has 0 N–H and O–H groups in total. The highest BCUT2D eigenvalue weighted by Crippen LogP contribution is 2.32. The first-order valence-corrected chi connectivity index (χ1v) is 9.11. The Balaban J connectivity index is 1.46. The van der Waals surface area contributed by atoms with Gasteiger partial charge in [0, 0.05) is 37.5 Å². The zero-order valence-corrected chi connectivity index (χ0v) is 15.0. The van der Waals surface area contributed by atoms with Gasteiger partial charge in [-0.1, -0.05) is 18.2 Å². The van der Waals surface area contributed by atoms with Crippen molar-refractivity contribution in [3.05, 3.63) is 63.7 Å². The average Bonchev–Trinajstić information content (AvgIpc) is 3.12. The molecular weight excluding hydrogens is 346 g/mol. The SMILES string of the molecule is O=C(Cc1ccc(N2CCOCC2)cc1)N1CCc2ccc([N+](=O)[O-])cc21. The molecule has 2 aromatic carbocycles. The van der Waals surface area contributed by atoms with E-state index in [1.807, 2.05) is 24.3 Å². The van der Waals surface area contributed by atoms with Gasteiger partial charge < -0.3 is 14.5 Å². The summed E-state index contributed by atoms with van der Waals surface area (Å²) in [4.78, 5) is 27.3. The minimum atomic E-state index is -0.425. The van der Waals surface area contributed by atoms with Crippen LogP contribution in [0, 0.1) is 10.1 Å². The molecule has 0 spiro atoms. The number of morpholine rings is 1. The summed E-state index contributed by atoms with van der Waals surface area (Å²) in [5.41, 5.74) is 3.74. The topological polar surface area (TPSA) is 75.9 Å². The fourth-order valence-electron chi connectivity index (χ4n) is 3.66. The summed E-state index contributed by atoms with van der Waals surface area (Å²) >= 11 is 0. The van der Waals surface area contributed by atoms with Gasteiger partial charge in [-0.25, -0.2) is 0 Å². The van der Waals surface area contributed by atoms with Crippen molar-refractivity contribution in [2.45, 2.75) is 12.8 Å². The zero-order valence-electron chi connectivity index (χ0n) is 15.0. The van der Waals surface area contributed by atoms with Crippen LogP contribution in [0.15, 0.2) is 42.5 Å². The van der Waals surface area contributed by atoms with Crippen molar-refractivity contribution >= 4 is 23.0 Å². The van der Waals surface area contributed by atoms with Crippen LogP contribution in [0.25, 0.3) is 0 Å². The molecule has 0 radical (unpaired) electrons. The second kappa shape index (κ2) is 7.36. The highest BCUT2D eigenvalue weighted by Gasteiger charge is 2.26. The van der Waals surface area contributed by atoms with Crippen LogP contribution >= 0.6 is 0 Å². The summed E-state index contributed by atoms with van der Waals surface area (Å²) in [5, 5.41) is 11.0. The van der Waals surface area contributed by atoms with Gasteiger partial charge >= 0.3 is 0 Å². The fourth-order valence-corrected chi connectivity index (χ4v) is 3.66. The van der Waals surface area contributed by atoms with Gasteiger partial charge in [0.1, 0.15) is 0 Å². The number of carbonyl (C=O) groups excluding carboxylic acids is 1. The van der Waals surface area contributed by atoms with E-state index in [0.29, 0.717) is 12.2 Å². The van der Waals surface area contributed by atoms with Crippen molar-refractivity contribution in [2.75, 3.05) is 42.6 Å². The Morgan fingerprint density at radius 2 is 1.81 bits per heavy atom. The maximum absolute atomic E-state index is 12.8. The number of hydrogen-bond acceptors (Lipinski definition) is 5. The molecule has 140 valence electrons. The Kier molecular flexibility index (Phi) is 4.77.